The molecule has 0 radical (unpaired) electrons. The van der Waals surface area contributed by atoms with Crippen molar-refractivity contribution in [2.75, 3.05) is 4.90 Å². The number of rotatable bonds is 5. The minimum atomic E-state index is -1.05. The van der Waals surface area contributed by atoms with E-state index in [0.717, 1.165) is 22.3 Å². The normalized spacial score (nSPS) is 11.9. The summed E-state index contributed by atoms with van der Waals surface area (Å²) in [4.78, 5) is 25.8. The molecule has 132 valence electrons. The number of hydrogen-bond acceptors (Lipinski definition) is 2. The first-order chi connectivity index (χ1) is 11.7. The van der Waals surface area contributed by atoms with Crippen LogP contribution >= 0.6 is 11.6 Å². The summed E-state index contributed by atoms with van der Waals surface area (Å²) < 4.78 is 0. The Labute approximate surface area is 153 Å². The second-order valence-electron chi connectivity index (χ2n) is 6.31. The molecule has 0 aliphatic rings. The third kappa shape index (κ3) is 4.40. The highest BCUT2D eigenvalue weighted by Gasteiger charge is 2.27. The van der Waals surface area contributed by atoms with Crippen LogP contribution < -0.4 is 4.90 Å². The first kappa shape index (κ1) is 19.0. The van der Waals surface area contributed by atoms with Crippen LogP contribution in [-0.2, 0) is 16.0 Å². The predicted molar refractivity (Wildman–Crippen MR) is 100 cm³/mol. The van der Waals surface area contributed by atoms with Crippen LogP contribution in [0.25, 0.3) is 0 Å². The molecule has 2 aromatic rings. The Bertz CT molecular complexity index is 776. The SMILES string of the molecule is Cc1cc(C)c(CC(=O)N(c2ccc(Cl)cc2)[C@@H](C)C(=O)O)c(C)c1. The number of anilines is 1. The van der Waals surface area contributed by atoms with Gasteiger partial charge in [0.05, 0.1) is 6.42 Å². The lowest BCUT2D eigenvalue weighted by Crippen LogP contribution is -2.44. The van der Waals surface area contributed by atoms with Crippen molar-refractivity contribution in [1.29, 1.82) is 0 Å². The van der Waals surface area contributed by atoms with Gasteiger partial charge in [0.25, 0.3) is 0 Å². The fourth-order valence-corrected chi connectivity index (χ4v) is 3.15. The third-order valence-corrected chi connectivity index (χ3v) is 4.54. The summed E-state index contributed by atoms with van der Waals surface area (Å²) in [5, 5.41) is 9.94. The summed E-state index contributed by atoms with van der Waals surface area (Å²) in [6.07, 6.45) is 0.151. The Balaban J connectivity index is 2.39. The van der Waals surface area contributed by atoms with Gasteiger partial charge in [0.15, 0.2) is 0 Å². The van der Waals surface area contributed by atoms with Crippen molar-refractivity contribution in [3.8, 4) is 0 Å². The number of benzene rings is 2. The number of carbonyl (C=O) groups is 2. The van der Waals surface area contributed by atoms with E-state index in [1.54, 1.807) is 24.3 Å². The van der Waals surface area contributed by atoms with E-state index in [0.29, 0.717) is 10.7 Å². The van der Waals surface area contributed by atoms with Crippen LogP contribution in [0.15, 0.2) is 36.4 Å². The van der Waals surface area contributed by atoms with Gasteiger partial charge in [-0.2, -0.15) is 0 Å². The van der Waals surface area contributed by atoms with Gasteiger partial charge < -0.3 is 5.11 Å². The summed E-state index contributed by atoms with van der Waals surface area (Å²) in [6.45, 7) is 7.45. The molecule has 4 nitrogen and oxygen atoms in total. The molecule has 0 bridgehead atoms. The van der Waals surface area contributed by atoms with Gasteiger partial charge in [0, 0.05) is 10.7 Å². The van der Waals surface area contributed by atoms with Crippen LogP contribution in [-0.4, -0.2) is 23.0 Å². The van der Waals surface area contributed by atoms with Crippen molar-refractivity contribution in [3.05, 3.63) is 63.7 Å². The van der Waals surface area contributed by atoms with Crippen LogP contribution in [0.1, 0.15) is 29.2 Å². The Morgan fingerprint density at radius 3 is 2.08 bits per heavy atom. The molecule has 5 heteroatoms. The molecule has 2 rings (SSSR count). The molecule has 0 fully saturated rings. The van der Waals surface area contributed by atoms with Crippen LogP contribution in [0.2, 0.25) is 5.02 Å². The highest BCUT2D eigenvalue weighted by Crippen LogP contribution is 2.23. The zero-order valence-corrected chi connectivity index (χ0v) is 15.6. The van der Waals surface area contributed by atoms with E-state index in [1.807, 2.05) is 32.9 Å². The van der Waals surface area contributed by atoms with Gasteiger partial charge in [-0.15, -0.1) is 0 Å². The van der Waals surface area contributed by atoms with Crippen molar-refractivity contribution in [1.82, 2.24) is 0 Å². The first-order valence-electron chi connectivity index (χ1n) is 8.08. The Kier molecular flexibility index (Phi) is 5.85. The van der Waals surface area contributed by atoms with Crippen molar-refractivity contribution in [2.24, 2.45) is 0 Å². The number of amides is 1. The third-order valence-electron chi connectivity index (χ3n) is 4.29. The molecule has 1 amide bonds. The lowest BCUT2D eigenvalue weighted by molar-refractivity contribution is -0.139. The lowest BCUT2D eigenvalue weighted by atomic mass is 9.96. The zero-order valence-electron chi connectivity index (χ0n) is 14.8. The van der Waals surface area contributed by atoms with E-state index in [9.17, 15) is 14.7 Å². The van der Waals surface area contributed by atoms with Gasteiger partial charge >= 0.3 is 5.97 Å². The largest absolute Gasteiger partial charge is 0.480 e. The number of halogens is 1. The molecule has 0 spiro atoms. The van der Waals surface area contributed by atoms with Crippen LogP contribution in [0.4, 0.5) is 5.69 Å². The molecule has 0 aromatic heterocycles. The number of carbonyl (C=O) groups excluding carboxylic acids is 1. The number of carboxylic acid groups (broad SMARTS) is 1. The van der Waals surface area contributed by atoms with Gasteiger partial charge in [0.1, 0.15) is 6.04 Å². The maximum absolute atomic E-state index is 13.0. The minimum absolute atomic E-state index is 0.151. The smallest absolute Gasteiger partial charge is 0.326 e. The fraction of sp³-hybridized carbons (Fsp3) is 0.300. The Hall–Kier alpha value is -2.33. The lowest BCUT2D eigenvalue weighted by Gasteiger charge is -2.27. The Morgan fingerprint density at radius 2 is 1.60 bits per heavy atom. The van der Waals surface area contributed by atoms with Gasteiger partial charge in [-0.3, -0.25) is 9.69 Å². The highest BCUT2D eigenvalue weighted by molar-refractivity contribution is 6.30. The highest BCUT2D eigenvalue weighted by atomic mass is 35.5. The fourth-order valence-electron chi connectivity index (χ4n) is 3.02. The number of hydrogen-bond donors (Lipinski definition) is 1. The zero-order chi connectivity index (χ0) is 18.7. The van der Waals surface area contributed by atoms with E-state index in [1.165, 1.54) is 11.8 Å². The molecular weight excluding hydrogens is 338 g/mol. The average molecular weight is 360 g/mol. The average Bonchev–Trinajstić information content (AvgIpc) is 2.52. The monoisotopic (exact) mass is 359 g/mol. The van der Waals surface area contributed by atoms with Crippen molar-refractivity contribution in [2.45, 2.75) is 40.2 Å². The van der Waals surface area contributed by atoms with E-state index in [2.05, 4.69) is 0 Å². The molecule has 0 unspecified atom stereocenters. The summed E-state index contributed by atoms with van der Waals surface area (Å²) in [6, 6.07) is 9.71. The number of nitrogens with zero attached hydrogens (tertiary/aromatic N) is 1. The quantitative estimate of drug-likeness (QED) is 0.865. The first-order valence-corrected chi connectivity index (χ1v) is 8.45. The van der Waals surface area contributed by atoms with Crippen molar-refractivity contribution in [3.63, 3.8) is 0 Å². The summed E-state index contributed by atoms with van der Waals surface area (Å²) in [7, 11) is 0. The van der Waals surface area contributed by atoms with Crippen LogP contribution in [0.3, 0.4) is 0 Å². The van der Waals surface area contributed by atoms with Gasteiger partial charge in [0.2, 0.25) is 5.91 Å². The molecule has 25 heavy (non-hydrogen) atoms. The predicted octanol–water partition coefficient (Wildman–Crippen LogP) is 4.31. The maximum Gasteiger partial charge on any atom is 0.326 e. The summed E-state index contributed by atoms with van der Waals surface area (Å²) in [5.74, 6) is -1.31. The van der Waals surface area contributed by atoms with Crippen LogP contribution in [0, 0.1) is 20.8 Å². The van der Waals surface area contributed by atoms with Gasteiger partial charge in [-0.25, -0.2) is 4.79 Å². The molecule has 1 atom stereocenters. The topological polar surface area (TPSA) is 57.6 Å². The Morgan fingerprint density at radius 1 is 1.08 bits per heavy atom. The molecule has 0 heterocycles. The van der Waals surface area contributed by atoms with Gasteiger partial charge in [-0.1, -0.05) is 29.3 Å². The van der Waals surface area contributed by atoms with E-state index in [4.69, 9.17) is 11.6 Å². The molecule has 2 aromatic carbocycles. The summed E-state index contributed by atoms with van der Waals surface area (Å²) >= 11 is 5.90. The van der Waals surface area contributed by atoms with E-state index in [-0.39, 0.29) is 12.3 Å². The molecule has 0 saturated heterocycles. The molecule has 0 saturated carbocycles. The standard InChI is InChI=1S/C20H22ClNO3/c1-12-9-13(2)18(14(3)10-12)11-19(23)22(15(4)20(24)25)17-7-5-16(21)6-8-17/h5-10,15H,11H2,1-4H3,(H,24,25)/t15-/m0/s1. The van der Waals surface area contributed by atoms with Crippen LogP contribution in [0.5, 0.6) is 0 Å². The van der Waals surface area contributed by atoms with E-state index >= 15 is 0 Å². The van der Waals surface area contributed by atoms with E-state index < -0.39 is 12.0 Å². The molecule has 1 N–H and O–H groups in total. The summed E-state index contributed by atoms with van der Waals surface area (Å²) in [5.41, 5.74) is 4.66. The van der Waals surface area contributed by atoms with Crippen molar-refractivity contribution < 1.29 is 14.7 Å². The second kappa shape index (κ2) is 7.70. The van der Waals surface area contributed by atoms with Gasteiger partial charge in [-0.05, 0) is 68.7 Å². The number of carboxylic acids is 1. The maximum atomic E-state index is 13.0. The molecule has 0 aliphatic carbocycles. The number of aryl methyl sites for hydroxylation is 3. The molecule has 0 aliphatic heterocycles. The van der Waals surface area contributed by atoms with Crippen molar-refractivity contribution >= 4 is 29.2 Å². The second-order valence-corrected chi connectivity index (χ2v) is 6.74. The molecular formula is C20H22ClNO3. The number of aliphatic carboxylic acids is 1. The minimum Gasteiger partial charge on any atom is -0.480 e.